The van der Waals surface area contributed by atoms with Crippen molar-refractivity contribution in [3.63, 3.8) is 0 Å². The lowest BCUT2D eigenvalue weighted by molar-refractivity contribution is 0.141. The maximum Gasteiger partial charge on any atom is 0.253 e. The van der Waals surface area contributed by atoms with Crippen molar-refractivity contribution in [3.05, 3.63) is 81.9 Å². The second kappa shape index (κ2) is 9.15. The molecule has 1 fully saturated rings. The van der Waals surface area contributed by atoms with Crippen LogP contribution in [0.5, 0.6) is 5.75 Å². The Labute approximate surface area is 192 Å². The quantitative estimate of drug-likeness (QED) is 0.490. The maximum atomic E-state index is 13.3. The maximum absolute atomic E-state index is 13.3. The number of pyridine rings is 1. The van der Waals surface area contributed by atoms with Crippen LogP contribution in [0, 0.1) is 5.92 Å². The first-order valence-electron chi connectivity index (χ1n) is 11.4. The molecule has 170 valence electrons. The van der Waals surface area contributed by atoms with Crippen LogP contribution >= 0.6 is 0 Å². The fraction of sp³-hybridized carbons (Fsp3) is 0.360. The highest BCUT2D eigenvalue weighted by Gasteiger charge is 2.32. The van der Waals surface area contributed by atoms with Crippen molar-refractivity contribution in [2.45, 2.75) is 32.4 Å². The molecule has 0 saturated carbocycles. The molecule has 33 heavy (non-hydrogen) atoms. The third-order valence-corrected chi connectivity index (χ3v) is 6.41. The van der Waals surface area contributed by atoms with Crippen molar-refractivity contribution in [1.29, 1.82) is 0 Å². The molecule has 1 aliphatic heterocycles. The number of rotatable bonds is 6. The number of hydrogen-bond acceptors (Lipinski definition) is 6. The van der Waals surface area contributed by atoms with Crippen molar-refractivity contribution in [2.75, 3.05) is 20.2 Å². The highest BCUT2D eigenvalue weighted by Crippen LogP contribution is 2.31. The van der Waals surface area contributed by atoms with E-state index in [1.807, 2.05) is 47.1 Å². The molecule has 0 amide bonds. The Bertz CT molecular complexity index is 1300. The van der Waals surface area contributed by atoms with Crippen LogP contribution in [0.4, 0.5) is 0 Å². The summed E-state index contributed by atoms with van der Waals surface area (Å²) in [6.45, 7) is 4.58. The summed E-state index contributed by atoms with van der Waals surface area (Å²) in [5.41, 5.74) is 2.41. The van der Waals surface area contributed by atoms with Gasteiger partial charge in [0.1, 0.15) is 11.8 Å². The van der Waals surface area contributed by atoms with Crippen LogP contribution in [-0.4, -0.2) is 50.3 Å². The van der Waals surface area contributed by atoms with E-state index in [0.717, 1.165) is 41.7 Å². The van der Waals surface area contributed by atoms with E-state index in [1.54, 1.807) is 7.11 Å². The highest BCUT2D eigenvalue weighted by atomic mass is 16.5. The Balaban J connectivity index is 1.63. The predicted octanol–water partition coefficient (Wildman–Crippen LogP) is 3.39. The summed E-state index contributed by atoms with van der Waals surface area (Å²) in [5, 5.41) is 13.6. The summed E-state index contributed by atoms with van der Waals surface area (Å²) < 4.78 is 7.22. The topological polar surface area (TPSA) is 88.9 Å². The Morgan fingerprint density at radius 2 is 2.03 bits per heavy atom. The van der Waals surface area contributed by atoms with Crippen molar-refractivity contribution in [3.8, 4) is 5.75 Å². The van der Waals surface area contributed by atoms with E-state index in [4.69, 9.17) is 4.74 Å². The summed E-state index contributed by atoms with van der Waals surface area (Å²) in [7, 11) is 1.64. The zero-order valence-corrected chi connectivity index (χ0v) is 18.9. The first kappa shape index (κ1) is 21.3. The molecule has 1 saturated heterocycles. The van der Waals surface area contributed by atoms with Gasteiger partial charge in [0.05, 0.1) is 13.7 Å². The number of fused-ring (bicyclic) bond motifs is 1. The van der Waals surface area contributed by atoms with E-state index in [0.29, 0.717) is 23.9 Å². The number of nitrogens with one attached hydrogen (secondary N) is 1. The number of aromatic nitrogens is 5. The largest absolute Gasteiger partial charge is 0.497 e. The zero-order valence-electron chi connectivity index (χ0n) is 18.9. The van der Waals surface area contributed by atoms with E-state index >= 15 is 0 Å². The highest BCUT2D eigenvalue weighted by molar-refractivity contribution is 5.80. The minimum absolute atomic E-state index is 0.120. The van der Waals surface area contributed by atoms with E-state index in [-0.39, 0.29) is 11.6 Å². The minimum atomic E-state index is -0.342. The number of H-pyrrole nitrogens is 1. The summed E-state index contributed by atoms with van der Waals surface area (Å²) in [6.07, 6.45) is 2.26. The minimum Gasteiger partial charge on any atom is -0.497 e. The molecule has 0 aliphatic carbocycles. The second-order valence-electron chi connectivity index (χ2n) is 8.83. The Hall–Kier alpha value is -3.52. The Morgan fingerprint density at radius 3 is 2.82 bits per heavy atom. The van der Waals surface area contributed by atoms with Gasteiger partial charge < -0.3 is 9.72 Å². The monoisotopic (exact) mass is 444 g/mol. The van der Waals surface area contributed by atoms with Crippen LogP contribution in [0.15, 0.2) is 59.4 Å². The molecular weight excluding hydrogens is 416 g/mol. The van der Waals surface area contributed by atoms with Gasteiger partial charge in [0.15, 0.2) is 5.82 Å². The number of benzene rings is 2. The molecular formula is C25H28N6O2. The number of piperidine rings is 1. The number of nitrogens with zero attached hydrogens (tertiary/aromatic N) is 5. The molecule has 8 heteroatoms. The van der Waals surface area contributed by atoms with Crippen molar-refractivity contribution in [2.24, 2.45) is 5.92 Å². The van der Waals surface area contributed by atoms with E-state index < -0.39 is 0 Å². The fourth-order valence-electron chi connectivity index (χ4n) is 4.77. The molecule has 2 aromatic heterocycles. The van der Waals surface area contributed by atoms with Gasteiger partial charge in [-0.2, -0.15) is 0 Å². The van der Waals surface area contributed by atoms with Gasteiger partial charge in [0.2, 0.25) is 0 Å². The van der Waals surface area contributed by atoms with Gasteiger partial charge in [-0.25, -0.2) is 4.68 Å². The van der Waals surface area contributed by atoms with Crippen molar-refractivity contribution in [1.82, 2.24) is 30.1 Å². The van der Waals surface area contributed by atoms with Gasteiger partial charge in [0.25, 0.3) is 5.56 Å². The standard InChI is InChI=1S/C25H28N6O2/c1-17-7-6-12-30(15-17)23(24-27-28-29-31(24)16-18-8-4-3-5-9-18)21-14-19-13-20(33-2)10-11-22(19)26-25(21)32/h3-5,8-11,13-14,17,23H,6-7,12,15-16H2,1-2H3,(H,26,32). The molecule has 4 aromatic rings. The molecule has 0 spiro atoms. The first-order chi connectivity index (χ1) is 16.1. The Kier molecular flexibility index (Phi) is 5.92. The lowest BCUT2D eigenvalue weighted by Gasteiger charge is -2.36. The number of ether oxygens (including phenoxy) is 1. The molecule has 2 atom stereocenters. The first-order valence-corrected chi connectivity index (χ1v) is 11.4. The number of tetrazole rings is 1. The van der Waals surface area contributed by atoms with E-state index in [2.05, 4.69) is 44.5 Å². The lowest BCUT2D eigenvalue weighted by Crippen LogP contribution is -2.41. The van der Waals surface area contributed by atoms with Gasteiger partial charge in [-0.3, -0.25) is 9.69 Å². The third-order valence-electron chi connectivity index (χ3n) is 6.41. The van der Waals surface area contributed by atoms with Crippen molar-refractivity contribution < 1.29 is 4.74 Å². The van der Waals surface area contributed by atoms with Gasteiger partial charge in [-0.15, -0.1) is 5.10 Å². The summed E-state index contributed by atoms with van der Waals surface area (Å²) in [6, 6.07) is 17.4. The van der Waals surface area contributed by atoms with Crippen molar-refractivity contribution >= 4 is 10.9 Å². The normalized spacial score (nSPS) is 17.8. The third kappa shape index (κ3) is 4.39. The van der Waals surface area contributed by atoms with Crippen LogP contribution in [0.3, 0.4) is 0 Å². The molecule has 5 rings (SSSR count). The van der Waals surface area contributed by atoms with E-state index in [9.17, 15) is 4.79 Å². The molecule has 3 heterocycles. The van der Waals surface area contributed by atoms with Gasteiger partial charge in [-0.1, -0.05) is 37.3 Å². The van der Waals surface area contributed by atoms with Crippen LogP contribution in [0.1, 0.15) is 42.8 Å². The van der Waals surface area contributed by atoms with Crippen LogP contribution in [-0.2, 0) is 6.54 Å². The molecule has 2 unspecified atom stereocenters. The summed E-state index contributed by atoms with van der Waals surface area (Å²) in [5.74, 6) is 1.97. The molecule has 1 N–H and O–H groups in total. The summed E-state index contributed by atoms with van der Waals surface area (Å²) in [4.78, 5) is 18.7. The molecule has 8 nitrogen and oxygen atoms in total. The SMILES string of the molecule is COc1ccc2[nH]c(=O)c(C(c3nnnn3Cc3ccccc3)N3CCCC(C)C3)cc2c1. The molecule has 0 bridgehead atoms. The zero-order chi connectivity index (χ0) is 22.8. The fourth-order valence-corrected chi connectivity index (χ4v) is 4.77. The second-order valence-corrected chi connectivity index (χ2v) is 8.83. The average molecular weight is 445 g/mol. The van der Waals surface area contributed by atoms with Gasteiger partial charge in [0, 0.05) is 23.0 Å². The number of aromatic amines is 1. The lowest BCUT2D eigenvalue weighted by atomic mass is 9.95. The van der Waals surface area contributed by atoms with E-state index in [1.165, 1.54) is 6.42 Å². The smallest absolute Gasteiger partial charge is 0.253 e. The van der Waals surface area contributed by atoms with Gasteiger partial charge >= 0.3 is 0 Å². The number of hydrogen-bond donors (Lipinski definition) is 1. The number of likely N-dealkylation sites (tertiary alicyclic amines) is 1. The molecule has 0 radical (unpaired) electrons. The predicted molar refractivity (Wildman–Crippen MR) is 126 cm³/mol. The number of methoxy groups -OCH3 is 1. The molecule has 1 aliphatic rings. The van der Waals surface area contributed by atoms with Crippen LogP contribution in [0.2, 0.25) is 0 Å². The van der Waals surface area contributed by atoms with Gasteiger partial charge in [-0.05, 0) is 65.6 Å². The van der Waals surface area contributed by atoms with Crippen LogP contribution < -0.4 is 10.3 Å². The molecule has 2 aromatic carbocycles. The Morgan fingerprint density at radius 1 is 1.18 bits per heavy atom. The summed E-state index contributed by atoms with van der Waals surface area (Å²) >= 11 is 0. The van der Waals surface area contributed by atoms with Crippen LogP contribution in [0.25, 0.3) is 10.9 Å². The average Bonchev–Trinajstić information content (AvgIpc) is 3.27.